The Morgan fingerprint density at radius 2 is 2.20 bits per heavy atom. The molecule has 1 aromatic heterocycles. The van der Waals surface area contributed by atoms with Crippen molar-refractivity contribution < 1.29 is 19.2 Å². The van der Waals surface area contributed by atoms with Gasteiger partial charge in [-0.3, -0.25) is 4.79 Å². The molecule has 1 fully saturated rings. The number of nitrogens with zero attached hydrogens (tertiary/aromatic N) is 2. The van der Waals surface area contributed by atoms with Gasteiger partial charge in [0.15, 0.2) is 0 Å². The molecule has 0 aliphatic carbocycles. The minimum absolute atomic E-state index is 0.278. The molecule has 1 aliphatic rings. The number of carbonyl (C=O) groups is 2. The first kappa shape index (κ1) is 14.6. The molecule has 20 heavy (non-hydrogen) atoms. The van der Waals surface area contributed by atoms with Crippen molar-refractivity contribution in [2.24, 2.45) is 5.92 Å². The molecular weight excluding hydrogens is 260 g/mol. The Morgan fingerprint density at radius 3 is 2.80 bits per heavy atom. The van der Waals surface area contributed by atoms with Gasteiger partial charge in [-0.1, -0.05) is 19.0 Å². The van der Waals surface area contributed by atoms with Gasteiger partial charge in [-0.2, -0.15) is 0 Å². The van der Waals surface area contributed by atoms with E-state index in [1.807, 2.05) is 13.8 Å². The van der Waals surface area contributed by atoms with Crippen LogP contribution in [0.3, 0.4) is 0 Å². The summed E-state index contributed by atoms with van der Waals surface area (Å²) in [4.78, 5) is 25.5. The first-order chi connectivity index (χ1) is 9.45. The molecule has 0 bridgehead atoms. The lowest BCUT2D eigenvalue weighted by Gasteiger charge is -2.36. The van der Waals surface area contributed by atoms with Crippen LogP contribution in [-0.2, 0) is 11.2 Å². The summed E-state index contributed by atoms with van der Waals surface area (Å²) < 4.78 is 5.07. The van der Waals surface area contributed by atoms with E-state index in [-0.39, 0.29) is 5.91 Å². The second-order valence-corrected chi connectivity index (χ2v) is 5.40. The summed E-state index contributed by atoms with van der Waals surface area (Å²) in [6.45, 7) is 6.05. The number of aryl methyl sites for hydroxylation is 2. The number of likely N-dealkylation sites (tertiary alicyclic amines) is 1. The van der Waals surface area contributed by atoms with Crippen LogP contribution in [0, 0.1) is 12.8 Å². The lowest BCUT2D eigenvalue weighted by Crippen LogP contribution is -2.50. The first-order valence-electron chi connectivity index (χ1n) is 6.94. The van der Waals surface area contributed by atoms with Crippen LogP contribution < -0.4 is 0 Å². The number of aliphatic carboxylic acids is 1. The lowest BCUT2D eigenvalue weighted by atomic mass is 9.91. The number of amides is 1. The van der Waals surface area contributed by atoms with Crippen molar-refractivity contribution in [3.05, 3.63) is 17.0 Å². The van der Waals surface area contributed by atoms with E-state index in [4.69, 9.17) is 4.52 Å². The Hall–Kier alpha value is -1.85. The van der Waals surface area contributed by atoms with Gasteiger partial charge in [0, 0.05) is 6.54 Å². The van der Waals surface area contributed by atoms with Crippen LogP contribution in [0.4, 0.5) is 0 Å². The predicted octanol–water partition coefficient (Wildman–Crippen LogP) is 1.87. The van der Waals surface area contributed by atoms with E-state index < -0.39 is 12.0 Å². The Labute approximate surface area is 117 Å². The van der Waals surface area contributed by atoms with Gasteiger partial charge in [0.25, 0.3) is 5.91 Å². The maximum absolute atomic E-state index is 12.6. The molecule has 0 radical (unpaired) electrons. The summed E-state index contributed by atoms with van der Waals surface area (Å²) in [5.41, 5.74) is 1.02. The fourth-order valence-corrected chi connectivity index (χ4v) is 2.70. The molecule has 0 spiro atoms. The second kappa shape index (κ2) is 5.64. The zero-order chi connectivity index (χ0) is 14.9. The quantitative estimate of drug-likeness (QED) is 0.913. The largest absolute Gasteiger partial charge is 0.480 e. The van der Waals surface area contributed by atoms with Gasteiger partial charge in [0.1, 0.15) is 17.4 Å². The van der Waals surface area contributed by atoms with Crippen molar-refractivity contribution in [1.29, 1.82) is 0 Å². The first-order valence-corrected chi connectivity index (χ1v) is 6.94. The van der Waals surface area contributed by atoms with E-state index in [2.05, 4.69) is 5.16 Å². The molecule has 110 valence electrons. The van der Waals surface area contributed by atoms with E-state index in [9.17, 15) is 14.7 Å². The van der Waals surface area contributed by atoms with Crippen LogP contribution in [0.25, 0.3) is 0 Å². The number of carboxylic acid groups (broad SMARTS) is 1. The van der Waals surface area contributed by atoms with Crippen molar-refractivity contribution in [3.8, 4) is 0 Å². The maximum Gasteiger partial charge on any atom is 0.326 e. The van der Waals surface area contributed by atoms with Gasteiger partial charge >= 0.3 is 5.97 Å². The van der Waals surface area contributed by atoms with Gasteiger partial charge in [0.05, 0.1) is 5.69 Å². The third-order valence-electron chi connectivity index (χ3n) is 3.89. The molecule has 1 aromatic rings. The van der Waals surface area contributed by atoms with Gasteiger partial charge in [-0.05, 0) is 32.1 Å². The van der Waals surface area contributed by atoms with Gasteiger partial charge < -0.3 is 14.5 Å². The normalized spacial score (nSPS) is 22.9. The smallest absolute Gasteiger partial charge is 0.326 e. The molecule has 1 saturated heterocycles. The monoisotopic (exact) mass is 280 g/mol. The number of carboxylic acids is 1. The SMILES string of the molecule is CCc1noc(C)c1C(=O)N1CCC(C)CC1C(=O)O. The highest BCUT2D eigenvalue weighted by Gasteiger charge is 2.37. The Morgan fingerprint density at radius 1 is 1.50 bits per heavy atom. The molecular formula is C14H20N2O4. The van der Waals surface area contributed by atoms with E-state index >= 15 is 0 Å². The number of piperidine rings is 1. The highest BCUT2D eigenvalue weighted by Crippen LogP contribution is 2.26. The minimum atomic E-state index is -0.947. The molecule has 1 N–H and O–H groups in total. The predicted molar refractivity (Wildman–Crippen MR) is 71.5 cm³/mol. The lowest BCUT2D eigenvalue weighted by molar-refractivity contribution is -0.144. The van der Waals surface area contributed by atoms with Crippen LogP contribution in [0.15, 0.2) is 4.52 Å². The number of hydrogen-bond donors (Lipinski definition) is 1. The molecule has 2 heterocycles. The van der Waals surface area contributed by atoms with Crippen LogP contribution >= 0.6 is 0 Å². The molecule has 6 nitrogen and oxygen atoms in total. The van der Waals surface area contributed by atoms with Crippen LogP contribution in [0.1, 0.15) is 48.5 Å². The standard InChI is InChI=1S/C14H20N2O4/c1-4-10-12(9(3)20-15-10)13(17)16-6-5-8(2)7-11(16)14(18)19/h8,11H,4-7H2,1-3H3,(H,18,19). The molecule has 2 unspecified atom stereocenters. The van der Waals surface area contributed by atoms with E-state index in [1.54, 1.807) is 6.92 Å². The van der Waals surface area contributed by atoms with E-state index in [0.29, 0.717) is 42.3 Å². The zero-order valence-electron chi connectivity index (χ0n) is 12.0. The zero-order valence-corrected chi connectivity index (χ0v) is 12.0. The Balaban J connectivity index is 2.31. The molecule has 2 rings (SSSR count). The molecule has 2 atom stereocenters. The van der Waals surface area contributed by atoms with Crippen LogP contribution in [0.5, 0.6) is 0 Å². The number of hydrogen-bond acceptors (Lipinski definition) is 4. The van der Waals surface area contributed by atoms with Crippen molar-refractivity contribution in [2.45, 2.75) is 46.1 Å². The van der Waals surface area contributed by atoms with E-state index in [1.165, 1.54) is 4.90 Å². The number of rotatable bonds is 3. The average Bonchev–Trinajstić information content (AvgIpc) is 2.78. The molecule has 1 amide bonds. The molecule has 0 aromatic carbocycles. The average molecular weight is 280 g/mol. The summed E-state index contributed by atoms with van der Waals surface area (Å²) in [7, 11) is 0. The fraction of sp³-hybridized carbons (Fsp3) is 0.643. The van der Waals surface area contributed by atoms with E-state index in [0.717, 1.165) is 6.42 Å². The Kier molecular flexibility index (Phi) is 4.11. The van der Waals surface area contributed by atoms with Crippen LogP contribution in [0.2, 0.25) is 0 Å². The van der Waals surface area contributed by atoms with Gasteiger partial charge in [-0.25, -0.2) is 4.79 Å². The van der Waals surface area contributed by atoms with Gasteiger partial charge in [0.2, 0.25) is 0 Å². The Bertz CT molecular complexity index is 523. The second-order valence-electron chi connectivity index (χ2n) is 5.40. The maximum atomic E-state index is 12.6. The molecule has 1 aliphatic heterocycles. The van der Waals surface area contributed by atoms with Crippen molar-refractivity contribution in [2.75, 3.05) is 6.54 Å². The number of aromatic nitrogens is 1. The topological polar surface area (TPSA) is 83.6 Å². The highest BCUT2D eigenvalue weighted by molar-refractivity contribution is 5.98. The summed E-state index contributed by atoms with van der Waals surface area (Å²) in [6.07, 6.45) is 1.90. The number of carbonyl (C=O) groups excluding carboxylic acids is 1. The summed E-state index contributed by atoms with van der Waals surface area (Å²) in [5.74, 6) is -0.457. The summed E-state index contributed by atoms with van der Waals surface area (Å²) in [6, 6.07) is -0.759. The fourth-order valence-electron chi connectivity index (χ4n) is 2.70. The third kappa shape index (κ3) is 2.55. The third-order valence-corrected chi connectivity index (χ3v) is 3.89. The van der Waals surface area contributed by atoms with Crippen molar-refractivity contribution in [3.63, 3.8) is 0 Å². The summed E-state index contributed by atoms with van der Waals surface area (Å²) in [5, 5.41) is 13.2. The molecule has 0 saturated carbocycles. The molecule has 6 heteroatoms. The van der Waals surface area contributed by atoms with Crippen LogP contribution in [-0.4, -0.2) is 39.6 Å². The van der Waals surface area contributed by atoms with Crippen molar-refractivity contribution in [1.82, 2.24) is 10.1 Å². The van der Waals surface area contributed by atoms with Crippen molar-refractivity contribution >= 4 is 11.9 Å². The summed E-state index contributed by atoms with van der Waals surface area (Å²) >= 11 is 0. The van der Waals surface area contributed by atoms with Gasteiger partial charge in [-0.15, -0.1) is 0 Å². The minimum Gasteiger partial charge on any atom is -0.480 e. The highest BCUT2D eigenvalue weighted by atomic mass is 16.5.